The van der Waals surface area contributed by atoms with E-state index in [1.54, 1.807) is 0 Å². The summed E-state index contributed by atoms with van der Waals surface area (Å²) < 4.78 is 2.20. The average Bonchev–Trinajstić information content (AvgIpc) is 2.96. The van der Waals surface area contributed by atoms with Gasteiger partial charge in [0.15, 0.2) is 0 Å². The van der Waals surface area contributed by atoms with Crippen LogP contribution in [0.5, 0.6) is 0 Å². The molecule has 16 heavy (non-hydrogen) atoms. The van der Waals surface area contributed by atoms with Crippen LogP contribution in [0, 0.1) is 5.92 Å². The molecule has 1 heterocycles. The Balaban J connectivity index is 1.82. The molecule has 0 radical (unpaired) electrons. The number of nitrogens with zero attached hydrogens (tertiary/aromatic N) is 2. The normalized spacial score (nSPS) is 19.1. The average molecular weight is 221 g/mol. The van der Waals surface area contributed by atoms with Gasteiger partial charge in [0.25, 0.3) is 0 Å². The first kappa shape index (κ1) is 11.6. The van der Waals surface area contributed by atoms with Crippen molar-refractivity contribution >= 4 is 0 Å². The van der Waals surface area contributed by atoms with Gasteiger partial charge in [-0.25, -0.2) is 4.98 Å². The first-order valence-corrected chi connectivity index (χ1v) is 6.53. The van der Waals surface area contributed by atoms with Crippen molar-refractivity contribution in [3.8, 4) is 0 Å². The number of rotatable bonds is 5. The van der Waals surface area contributed by atoms with Crippen LogP contribution in [0.1, 0.15) is 45.2 Å². The topological polar surface area (TPSA) is 29.9 Å². The molecule has 3 nitrogen and oxygen atoms in total. The Kier molecular flexibility index (Phi) is 3.99. The summed E-state index contributed by atoms with van der Waals surface area (Å²) in [5.41, 5.74) is 1.30. The van der Waals surface area contributed by atoms with E-state index >= 15 is 0 Å². The molecule has 0 spiro atoms. The highest BCUT2D eigenvalue weighted by Gasteiger charge is 2.21. The molecule has 1 aromatic rings. The first-order chi connectivity index (χ1) is 7.81. The van der Waals surface area contributed by atoms with Gasteiger partial charge in [-0.3, -0.25) is 0 Å². The highest BCUT2D eigenvalue weighted by Crippen LogP contribution is 2.27. The minimum absolute atomic E-state index is 0.641. The zero-order valence-corrected chi connectivity index (χ0v) is 10.4. The molecule has 1 aliphatic rings. The van der Waals surface area contributed by atoms with Gasteiger partial charge in [-0.15, -0.1) is 0 Å². The third-order valence-corrected chi connectivity index (χ3v) is 3.85. The van der Waals surface area contributed by atoms with E-state index in [2.05, 4.69) is 28.7 Å². The van der Waals surface area contributed by atoms with Crippen molar-refractivity contribution in [2.75, 3.05) is 0 Å². The molecule has 1 saturated carbocycles. The van der Waals surface area contributed by atoms with E-state index in [9.17, 15) is 0 Å². The largest absolute Gasteiger partial charge is 0.334 e. The van der Waals surface area contributed by atoms with Crippen LogP contribution < -0.4 is 5.32 Å². The zero-order chi connectivity index (χ0) is 11.4. The molecule has 0 aromatic carbocycles. The summed E-state index contributed by atoms with van der Waals surface area (Å²) in [6.07, 6.45) is 9.53. The molecule has 3 heteroatoms. The lowest BCUT2D eigenvalue weighted by atomic mass is 10.00. The van der Waals surface area contributed by atoms with Crippen molar-refractivity contribution < 1.29 is 0 Å². The van der Waals surface area contributed by atoms with E-state index in [4.69, 9.17) is 0 Å². The molecule has 1 aliphatic carbocycles. The summed E-state index contributed by atoms with van der Waals surface area (Å²) in [5.74, 6) is 0.887. The third-order valence-electron chi connectivity index (χ3n) is 3.85. The Bertz CT molecular complexity index is 313. The summed E-state index contributed by atoms with van der Waals surface area (Å²) in [6.45, 7) is 6.44. The lowest BCUT2D eigenvalue weighted by Crippen LogP contribution is -2.32. The second-order valence-electron chi connectivity index (χ2n) is 4.89. The van der Waals surface area contributed by atoms with Gasteiger partial charge in [0.2, 0.25) is 0 Å². The van der Waals surface area contributed by atoms with Gasteiger partial charge in [0.1, 0.15) is 0 Å². The maximum atomic E-state index is 4.19. The van der Waals surface area contributed by atoms with Crippen LogP contribution >= 0.6 is 0 Å². The minimum Gasteiger partial charge on any atom is -0.334 e. The van der Waals surface area contributed by atoms with Crippen molar-refractivity contribution in [2.45, 2.75) is 58.7 Å². The van der Waals surface area contributed by atoms with E-state index in [-0.39, 0.29) is 0 Å². The number of aromatic nitrogens is 2. The van der Waals surface area contributed by atoms with Crippen molar-refractivity contribution in [1.82, 2.24) is 14.9 Å². The van der Waals surface area contributed by atoms with E-state index in [1.165, 1.54) is 31.4 Å². The van der Waals surface area contributed by atoms with Gasteiger partial charge in [-0.2, -0.15) is 0 Å². The predicted octanol–water partition coefficient (Wildman–Crippen LogP) is 2.57. The molecule has 1 fully saturated rings. The quantitative estimate of drug-likeness (QED) is 0.828. The highest BCUT2D eigenvalue weighted by molar-refractivity contribution is 4.98. The summed E-state index contributed by atoms with van der Waals surface area (Å²) in [6, 6.07) is 0.641. The molecule has 0 saturated heterocycles. The third kappa shape index (κ3) is 2.64. The van der Waals surface area contributed by atoms with E-state index in [1.807, 2.05) is 12.5 Å². The smallest absolute Gasteiger partial charge is 0.0948 e. The number of nitrogens with one attached hydrogen (secondary N) is 1. The van der Waals surface area contributed by atoms with E-state index in [0.29, 0.717) is 6.04 Å². The molecule has 0 amide bonds. The second kappa shape index (κ2) is 5.48. The number of imidazole rings is 1. The van der Waals surface area contributed by atoms with Crippen molar-refractivity contribution in [1.29, 1.82) is 0 Å². The van der Waals surface area contributed by atoms with Gasteiger partial charge < -0.3 is 9.88 Å². The maximum absolute atomic E-state index is 4.19. The molecule has 0 unspecified atom stereocenters. The second-order valence-corrected chi connectivity index (χ2v) is 4.89. The van der Waals surface area contributed by atoms with Crippen molar-refractivity contribution in [3.05, 3.63) is 18.2 Å². The van der Waals surface area contributed by atoms with Crippen LogP contribution in [0.2, 0.25) is 0 Å². The Morgan fingerprint density at radius 3 is 2.94 bits per heavy atom. The lowest BCUT2D eigenvalue weighted by Gasteiger charge is -2.20. The summed E-state index contributed by atoms with van der Waals surface area (Å²) in [4.78, 5) is 4.19. The monoisotopic (exact) mass is 221 g/mol. The van der Waals surface area contributed by atoms with Gasteiger partial charge >= 0.3 is 0 Å². The Morgan fingerprint density at radius 1 is 1.50 bits per heavy atom. The standard InChI is InChI=1S/C13H23N3/c1-3-16-10-14-8-13(16)9-15-11(2)12-6-4-5-7-12/h8,10-12,15H,3-7,9H2,1-2H3/t11-/m0/s1. The van der Waals surface area contributed by atoms with Crippen LogP contribution in [-0.2, 0) is 13.1 Å². The van der Waals surface area contributed by atoms with Gasteiger partial charge in [-0.05, 0) is 32.6 Å². The molecule has 1 N–H and O–H groups in total. The van der Waals surface area contributed by atoms with E-state index in [0.717, 1.165) is 19.0 Å². The molecular weight excluding hydrogens is 198 g/mol. The zero-order valence-electron chi connectivity index (χ0n) is 10.4. The van der Waals surface area contributed by atoms with Gasteiger partial charge in [0.05, 0.1) is 12.0 Å². The van der Waals surface area contributed by atoms with Crippen LogP contribution in [0.3, 0.4) is 0 Å². The Labute approximate surface area is 98.3 Å². The molecule has 2 rings (SSSR count). The maximum Gasteiger partial charge on any atom is 0.0948 e. The first-order valence-electron chi connectivity index (χ1n) is 6.53. The number of hydrogen-bond acceptors (Lipinski definition) is 2. The van der Waals surface area contributed by atoms with E-state index < -0.39 is 0 Å². The molecule has 0 aliphatic heterocycles. The number of aryl methyl sites for hydroxylation is 1. The predicted molar refractivity (Wildman–Crippen MR) is 66.2 cm³/mol. The SMILES string of the molecule is CCn1cncc1CN[C@@H](C)C1CCCC1. The van der Waals surface area contributed by atoms with Crippen LogP contribution in [0.15, 0.2) is 12.5 Å². The fourth-order valence-corrected chi connectivity index (χ4v) is 2.67. The fourth-order valence-electron chi connectivity index (χ4n) is 2.67. The summed E-state index contributed by atoms with van der Waals surface area (Å²) in [7, 11) is 0. The highest BCUT2D eigenvalue weighted by atomic mass is 15.1. The summed E-state index contributed by atoms with van der Waals surface area (Å²) >= 11 is 0. The van der Waals surface area contributed by atoms with Crippen LogP contribution in [0.25, 0.3) is 0 Å². The van der Waals surface area contributed by atoms with Crippen LogP contribution in [0.4, 0.5) is 0 Å². The lowest BCUT2D eigenvalue weighted by molar-refractivity contribution is 0.376. The van der Waals surface area contributed by atoms with Gasteiger partial charge in [0, 0.05) is 25.3 Å². The van der Waals surface area contributed by atoms with Crippen LogP contribution in [-0.4, -0.2) is 15.6 Å². The fraction of sp³-hybridized carbons (Fsp3) is 0.769. The molecule has 1 atom stereocenters. The summed E-state index contributed by atoms with van der Waals surface area (Å²) in [5, 5.41) is 3.64. The Morgan fingerprint density at radius 2 is 2.25 bits per heavy atom. The minimum atomic E-state index is 0.641. The molecule has 0 bridgehead atoms. The van der Waals surface area contributed by atoms with Crippen molar-refractivity contribution in [2.24, 2.45) is 5.92 Å². The molecular formula is C13H23N3. The molecule has 1 aromatic heterocycles. The Hall–Kier alpha value is -0.830. The van der Waals surface area contributed by atoms with Crippen molar-refractivity contribution in [3.63, 3.8) is 0 Å². The van der Waals surface area contributed by atoms with Gasteiger partial charge in [-0.1, -0.05) is 12.8 Å². The molecule has 90 valence electrons. The number of hydrogen-bond donors (Lipinski definition) is 1.